The molecule has 0 saturated heterocycles. The van der Waals surface area contributed by atoms with E-state index in [0.29, 0.717) is 12.2 Å². The molecule has 5 heteroatoms. The number of aryl methyl sites for hydroxylation is 3. The highest BCUT2D eigenvalue weighted by atomic mass is 16.3. The SMILES string of the molecule is CCCc1nc2c(nc1NC(=O)Cc1ccccc1)CCc1cc(O)ccc1-2. The van der Waals surface area contributed by atoms with E-state index in [1.165, 1.54) is 0 Å². The van der Waals surface area contributed by atoms with Gasteiger partial charge in [0, 0.05) is 5.56 Å². The summed E-state index contributed by atoms with van der Waals surface area (Å²) in [4.78, 5) is 22.2. The van der Waals surface area contributed by atoms with Gasteiger partial charge >= 0.3 is 0 Å². The number of rotatable bonds is 5. The van der Waals surface area contributed by atoms with E-state index in [-0.39, 0.29) is 11.7 Å². The van der Waals surface area contributed by atoms with E-state index in [2.05, 4.69) is 12.2 Å². The lowest BCUT2D eigenvalue weighted by Crippen LogP contribution is -2.19. The Labute approximate surface area is 164 Å². The molecule has 0 radical (unpaired) electrons. The summed E-state index contributed by atoms with van der Waals surface area (Å²) in [6.45, 7) is 2.09. The van der Waals surface area contributed by atoms with Crippen LogP contribution in [-0.2, 0) is 30.5 Å². The third-order valence-electron chi connectivity index (χ3n) is 4.97. The molecular weight excluding hydrogens is 350 g/mol. The second-order valence-electron chi connectivity index (χ2n) is 7.12. The van der Waals surface area contributed by atoms with Crippen molar-refractivity contribution in [2.45, 2.75) is 39.0 Å². The van der Waals surface area contributed by atoms with Crippen molar-refractivity contribution < 1.29 is 9.90 Å². The predicted octanol–water partition coefficient (Wildman–Crippen LogP) is 4.08. The molecule has 142 valence electrons. The molecular formula is C23H23N3O2. The molecule has 0 unspecified atom stereocenters. The number of hydrogen-bond acceptors (Lipinski definition) is 4. The van der Waals surface area contributed by atoms with Gasteiger partial charge in [-0.25, -0.2) is 9.97 Å². The van der Waals surface area contributed by atoms with Crippen molar-refractivity contribution in [2.24, 2.45) is 0 Å². The number of fused-ring (bicyclic) bond motifs is 3. The van der Waals surface area contributed by atoms with E-state index < -0.39 is 0 Å². The first-order valence-corrected chi connectivity index (χ1v) is 9.70. The summed E-state index contributed by atoms with van der Waals surface area (Å²) in [5, 5.41) is 12.7. The molecule has 4 rings (SSSR count). The molecule has 0 spiro atoms. The largest absolute Gasteiger partial charge is 0.508 e. The summed E-state index contributed by atoms with van der Waals surface area (Å²) in [5.74, 6) is 0.761. The quantitative estimate of drug-likeness (QED) is 0.707. The zero-order chi connectivity index (χ0) is 19.5. The van der Waals surface area contributed by atoms with Gasteiger partial charge in [0.25, 0.3) is 0 Å². The van der Waals surface area contributed by atoms with Crippen molar-refractivity contribution in [3.8, 4) is 17.0 Å². The Kier molecular flexibility index (Phi) is 5.06. The number of phenols is 1. The Bertz CT molecular complexity index is 1020. The molecule has 1 aromatic heterocycles. The van der Waals surface area contributed by atoms with Crippen LogP contribution in [0.3, 0.4) is 0 Å². The van der Waals surface area contributed by atoms with Gasteiger partial charge in [-0.15, -0.1) is 0 Å². The maximum atomic E-state index is 12.5. The van der Waals surface area contributed by atoms with Crippen LogP contribution in [0.15, 0.2) is 48.5 Å². The monoisotopic (exact) mass is 373 g/mol. The van der Waals surface area contributed by atoms with Crippen LogP contribution in [-0.4, -0.2) is 21.0 Å². The Hall–Kier alpha value is -3.21. The van der Waals surface area contributed by atoms with Crippen molar-refractivity contribution in [1.29, 1.82) is 0 Å². The maximum Gasteiger partial charge on any atom is 0.229 e. The van der Waals surface area contributed by atoms with E-state index in [1.807, 2.05) is 36.4 Å². The van der Waals surface area contributed by atoms with E-state index in [0.717, 1.165) is 59.5 Å². The molecule has 1 amide bonds. The van der Waals surface area contributed by atoms with Crippen LogP contribution >= 0.6 is 0 Å². The standard InChI is InChI=1S/C23H23N3O2/c1-2-6-20-23(26-21(28)13-15-7-4-3-5-8-15)25-19-12-9-16-14-17(27)10-11-18(16)22(19)24-20/h3-5,7-8,10-11,14,27H,2,6,9,12-13H2,1H3,(H,25,26,28). The fourth-order valence-corrected chi connectivity index (χ4v) is 3.63. The topological polar surface area (TPSA) is 75.1 Å². The fourth-order valence-electron chi connectivity index (χ4n) is 3.63. The lowest BCUT2D eigenvalue weighted by Gasteiger charge is -2.21. The lowest BCUT2D eigenvalue weighted by atomic mass is 9.91. The first-order chi connectivity index (χ1) is 13.6. The van der Waals surface area contributed by atoms with Crippen LogP contribution in [0.5, 0.6) is 5.75 Å². The highest BCUT2D eigenvalue weighted by Gasteiger charge is 2.22. The van der Waals surface area contributed by atoms with E-state index >= 15 is 0 Å². The number of nitrogens with one attached hydrogen (secondary N) is 1. The van der Waals surface area contributed by atoms with Crippen molar-refractivity contribution in [3.05, 3.63) is 71.0 Å². The number of amides is 1. The highest BCUT2D eigenvalue weighted by Crippen LogP contribution is 2.34. The Morgan fingerprint density at radius 3 is 2.71 bits per heavy atom. The van der Waals surface area contributed by atoms with Gasteiger partial charge in [-0.3, -0.25) is 4.79 Å². The van der Waals surface area contributed by atoms with Gasteiger partial charge in [-0.1, -0.05) is 43.7 Å². The van der Waals surface area contributed by atoms with Crippen molar-refractivity contribution >= 4 is 11.7 Å². The first-order valence-electron chi connectivity index (χ1n) is 9.70. The molecule has 0 atom stereocenters. The number of carbonyl (C=O) groups excluding carboxylic acids is 1. The predicted molar refractivity (Wildman–Crippen MR) is 109 cm³/mol. The number of hydrogen-bond donors (Lipinski definition) is 2. The van der Waals surface area contributed by atoms with Gasteiger partial charge in [0.2, 0.25) is 5.91 Å². The number of aromatic nitrogens is 2. The van der Waals surface area contributed by atoms with E-state index in [4.69, 9.17) is 9.97 Å². The minimum Gasteiger partial charge on any atom is -0.508 e. The molecule has 5 nitrogen and oxygen atoms in total. The molecule has 28 heavy (non-hydrogen) atoms. The molecule has 3 aromatic rings. The summed E-state index contributed by atoms with van der Waals surface area (Å²) in [6, 6.07) is 15.1. The number of aromatic hydroxyl groups is 1. The molecule has 0 fully saturated rings. The molecule has 1 heterocycles. The van der Waals surface area contributed by atoms with Crippen molar-refractivity contribution in [3.63, 3.8) is 0 Å². The summed E-state index contributed by atoms with van der Waals surface area (Å²) in [5.41, 5.74) is 5.65. The lowest BCUT2D eigenvalue weighted by molar-refractivity contribution is -0.115. The molecule has 0 aliphatic heterocycles. The molecule has 1 aliphatic carbocycles. The van der Waals surface area contributed by atoms with Gasteiger partial charge < -0.3 is 10.4 Å². The maximum absolute atomic E-state index is 12.5. The van der Waals surface area contributed by atoms with Gasteiger partial charge in [-0.05, 0) is 48.6 Å². The Balaban J connectivity index is 1.65. The fraction of sp³-hybridized carbons (Fsp3) is 0.261. The van der Waals surface area contributed by atoms with Gasteiger partial charge in [0.1, 0.15) is 5.75 Å². The molecule has 1 aliphatic rings. The average Bonchev–Trinajstić information content (AvgIpc) is 2.69. The molecule has 0 saturated carbocycles. The summed E-state index contributed by atoms with van der Waals surface area (Å²) >= 11 is 0. The highest BCUT2D eigenvalue weighted by molar-refractivity contribution is 5.92. The number of anilines is 1. The first kappa shape index (κ1) is 18.2. The minimum absolute atomic E-state index is 0.0843. The Morgan fingerprint density at radius 1 is 1.11 bits per heavy atom. The number of benzene rings is 2. The summed E-state index contributed by atoms with van der Waals surface area (Å²) < 4.78 is 0. The van der Waals surface area contributed by atoms with E-state index in [1.54, 1.807) is 12.1 Å². The molecule has 2 aromatic carbocycles. The van der Waals surface area contributed by atoms with E-state index in [9.17, 15) is 9.90 Å². The average molecular weight is 373 g/mol. The second kappa shape index (κ2) is 7.80. The summed E-state index contributed by atoms with van der Waals surface area (Å²) in [7, 11) is 0. The van der Waals surface area contributed by atoms with Crippen LogP contribution in [0, 0.1) is 0 Å². The van der Waals surface area contributed by atoms with Crippen LogP contribution in [0.2, 0.25) is 0 Å². The van der Waals surface area contributed by atoms with Crippen LogP contribution in [0.25, 0.3) is 11.3 Å². The minimum atomic E-state index is -0.0843. The van der Waals surface area contributed by atoms with Gasteiger partial charge in [0.15, 0.2) is 5.82 Å². The van der Waals surface area contributed by atoms with Crippen LogP contribution in [0.4, 0.5) is 5.82 Å². The van der Waals surface area contributed by atoms with Gasteiger partial charge in [-0.2, -0.15) is 0 Å². The van der Waals surface area contributed by atoms with Crippen LogP contribution < -0.4 is 5.32 Å². The normalized spacial score (nSPS) is 12.2. The molecule has 0 bridgehead atoms. The number of phenolic OH excluding ortho intramolecular Hbond substituents is 1. The zero-order valence-corrected chi connectivity index (χ0v) is 15.9. The van der Waals surface area contributed by atoms with Crippen molar-refractivity contribution in [2.75, 3.05) is 5.32 Å². The van der Waals surface area contributed by atoms with Crippen molar-refractivity contribution in [1.82, 2.24) is 9.97 Å². The number of carbonyl (C=O) groups is 1. The number of nitrogens with zero attached hydrogens (tertiary/aromatic N) is 2. The second-order valence-corrected chi connectivity index (χ2v) is 7.12. The third-order valence-corrected chi connectivity index (χ3v) is 4.97. The Morgan fingerprint density at radius 2 is 1.93 bits per heavy atom. The third kappa shape index (κ3) is 3.74. The smallest absolute Gasteiger partial charge is 0.229 e. The zero-order valence-electron chi connectivity index (χ0n) is 15.9. The summed E-state index contributed by atoms with van der Waals surface area (Å²) in [6.07, 6.45) is 3.52. The van der Waals surface area contributed by atoms with Gasteiger partial charge in [0.05, 0.1) is 23.5 Å². The van der Waals surface area contributed by atoms with Crippen LogP contribution in [0.1, 0.15) is 35.9 Å². The molecule has 2 N–H and O–H groups in total.